The molecule has 0 bridgehead atoms. The molecular formula is C16H19BrN2OS. The van der Waals surface area contributed by atoms with Crippen LogP contribution in [0.15, 0.2) is 22.7 Å². The fraction of sp³-hybridized carbons (Fsp3) is 0.438. The number of anilines is 1. The number of nitrogens with zero attached hydrogens (tertiary/aromatic N) is 1. The van der Waals surface area contributed by atoms with Crippen molar-refractivity contribution in [3.8, 4) is 0 Å². The van der Waals surface area contributed by atoms with Gasteiger partial charge in [-0.3, -0.25) is 4.79 Å². The summed E-state index contributed by atoms with van der Waals surface area (Å²) in [6.07, 6.45) is 3.34. The Hall–Kier alpha value is -1.07. The molecule has 0 saturated carbocycles. The summed E-state index contributed by atoms with van der Waals surface area (Å²) in [6.45, 7) is 4.26. The second-order valence-corrected chi connectivity index (χ2v) is 7.71. The van der Waals surface area contributed by atoms with Gasteiger partial charge in [-0.05, 0) is 45.2 Å². The molecule has 2 unspecified atom stereocenters. The molecule has 1 amide bonds. The number of nitrogens with two attached hydrogens (primary N) is 1. The van der Waals surface area contributed by atoms with Gasteiger partial charge in [0.05, 0.1) is 5.69 Å². The van der Waals surface area contributed by atoms with Crippen LogP contribution in [0.5, 0.6) is 0 Å². The Labute approximate surface area is 137 Å². The van der Waals surface area contributed by atoms with Crippen LogP contribution in [-0.4, -0.2) is 22.9 Å². The number of hydrogen-bond donors (Lipinski definition) is 1. The maximum atomic E-state index is 13.0. The summed E-state index contributed by atoms with van der Waals surface area (Å²) in [5, 5.41) is 0.961. The Kier molecular flexibility index (Phi) is 3.97. The molecule has 2 heterocycles. The number of hydrogen-bond acceptors (Lipinski definition) is 3. The Bertz CT molecular complexity index is 687. The molecule has 1 aromatic carbocycles. The average molecular weight is 367 g/mol. The van der Waals surface area contributed by atoms with Gasteiger partial charge < -0.3 is 10.6 Å². The zero-order chi connectivity index (χ0) is 15.1. The van der Waals surface area contributed by atoms with Gasteiger partial charge in [-0.15, -0.1) is 11.3 Å². The maximum absolute atomic E-state index is 13.0. The van der Waals surface area contributed by atoms with E-state index in [9.17, 15) is 4.79 Å². The summed E-state index contributed by atoms with van der Waals surface area (Å²) in [6, 6.07) is 6.53. The van der Waals surface area contributed by atoms with E-state index in [4.69, 9.17) is 5.73 Å². The van der Waals surface area contributed by atoms with Crippen LogP contribution in [0.4, 0.5) is 5.69 Å². The van der Waals surface area contributed by atoms with E-state index in [0.717, 1.165) is 27.4 Å². The topological polar surface area (TPSA) is 46.3 Å². The number of amides is 1. The van der Waals surface area contributed by atoms with E-state index in [1.807, 2.05) is 23.1 Å². The molecule has 1 aromatic heterocycles. The second kappa shape index (κ2) is 5.61. The molecule has 1 fully saturated rings. The number of thiophene rings is 1. The minimum atomic E-state index is 0.0836. The Balaban J connectivity index is 2.05. The molecule has 0 spiro atoms. The summed E-state index contributed by atoms with van der Waals surface area (Å²) in [7, 11) is 0. The number of benzene rings is 1. The summed E-state index contributed by atoms with van der Waals surface area (Å²) < 4.78 is 2.01. The van der Waals surface area contributed by atoms with Crippen molar-refractivity contribution in [3.05, 3.63) is 27.5 Å². The van der Waals surface area contributed by atoms with Gasteiger partial charge in [-0.1, -0.05) is 22.0 Å². The maximum Gasteiger partial charge on any atom is 0.266 e. The summed E-state index contributed by atoms with van der Waals surface area (Å²) >= 11 is 5.03. The predicted octanol–water partition coefficient (Wildman–Crippen LogP) is 4.65. The molecule has 0 aliphatic carbocycles. The van der Waals surface area contributed by atoms with Gasteiger partial charge in [0, 0.05) is 26.6 Å². The number of carbonyl (C=O) groups is 1. The van der Waals surface area contributed by atoms with E-state index in [2.05, 4.69) is 29.8 Å². The van der Waals surface area contributed by atoms with Gasteiger partial charge in [0.15, 0.2) is 0 Å². The lowest BCUT2D eigenvalue weighted by Gasteiger charge is -2.38. The van der Waals surface area contributed by atoms with Crippen LogP contribution in [0.2, 0.25) is 0 Å². The van der Waals surface area contributed by atoms with E-state index in [0.29, 0.717) is 10.6 Å². The molecule has 2 N–H and O–H groups in total. The molecule has 2 aromatic rings. The number of rotatable bonds is 1. The Morgan fingerprint density at radius 2 is 2.00 bits per heavy atom. The SMILES string of the molecule is CC1CCCC(C)N1C(=O)c1sc2cccc(Br)c2c1N. The van der Waals surface area contributed by atoms with Crippen LogP contribution in [0.1, 0.15) is 42.8 Å². The first-order chi connectivity index (χ1) is 10.0. The van der Waals surface area contributed by atoms with Crippen molar-refractivity contribution in [2.24, 2.45) is 0 Å². The summed E-state index contributed by atoms with van der Waals surface area (Å²) in [4.78, 5) is 15.7. The minimum Gasteiger partial charge on any atom is -0.397 e. The first-order valence-electron chi connectivity index (χ1n) is 7.30. The number of likely N-dealkylation sites (tertiary alicyclic amines) is 1. The van der Waals surface area contributed by atoms with E-state index < -0.39 is 0 Å². The third-order valence-electron chi connectivity index (χ3n) is 4.32. The van der Waals surface area contributed by atoms with Gasteiger partial charge in [-0.25, -0.2) is 0 Å². The Morgan fingerprint density at radius 1 is 1.33 bits per heavy atom. The van der Waals surface area contributed by atoms with E-state index in [1.54, 1.807) is 0 Å². The molecule has 21 heavy (non-hydrogen) atoms. The smallest absolute Gasteiger partial charge is 0.266 e. The minimum absolute atomic E-state index is 0.0836. The van der Waals surface area contributed by atoms with E-state index in [-0.39, 0.29) is 18.0 Å². The lowest BCUT2D eigenvalue weighted by atomic mass is 9.97. The first-order valence-corrected chi connectivity index (χ1v) is 8.90. The lowest BCUT2D eigenvalue weighted by Crippen LogP contribution is -2.47. The van der Waals surface area contributed by atoms with Crippen molar-refractivity contribution >= 4 is 48.9 Å². The largest absolute Gasteiger partial charge is 0.397 e. The van der Waals surface area contributed by atoms with Crippen molar-refractivity contribution in [1.29, 1.82) is 0 Å². The normalized spacial score (nSPS) is 22.7. The van der Waals surface area contributed by atoms with Crippen LogP contribution in [0.25, 0.3) is 10.1 Å². The van der Waals surface area contributed by atoms with Gasteiger partial charge in [-0.2, -0.15) is 0 Å². The number of halogens is 1. The van der Waals surface area contributed by atoms with Crippen molar-refractivity contribution in [2.75, 3.05) is 5.73 Å². The van der Waals surface area contributed by atoms with Crippen LogP contribution in [-0.2, 0) is 0 Å². The van der Waals surface area contributed by atoms with Crippen molar-refractivity contribution in [1.82, 2.24) is 4.90 Å². The first kappa shape index (κ1) is 14.9. The molecular weight excluding hydrogens is 348 g/mol. The zero-order valence-corrected chi connectivity index (χ0v) is 14.6. The summed E-state index contributed by atoms with van der Waals surface area (Å²) in [5.74, 6) is 0.0836. The van der Waals surface area contributed by atoms with Crippen molar-refractivity contribution in [2.45, 2.75) is 45.2 Å². The monoisotopic (exact) mass is 366 g/mol. The molecule has 5 heteroatoms. The van der Waals surface area contributed by atoms with Crippen LogP contribution in [0, 0.1) is 0 Å². The molecule has 3 nitrogen and oxygen atoms in total. The molecule has 3 rings (SSSR count). The van der Waals surface area contributed by atoms with Crippen LogP contribution < -0.4 is 5.73 Å². The number of piperidine rings is 1. The van der Waals surface area contributed by atoms with Gasteiger partial charge in [0.25, 0.3) is 5.91 Å². The second-order valence-electron chi connectivity index (χ2n) is 5.80. The van der Waals surface area contributed by atoms with Gasteiger partial charge in [0.2, 0.25) is 0 Å². The van der Waals surface area contributed by atoms with E-state index in [1.165, 1.54) is 17.8 Å². The molecule has 112 valence electrons. The highest BCUT2D eigenvalue weighted by Gasteiger charge is 2.32. The molecule has 1 saturated heterocycles. The number of fused-ring (bicyclic) bond motifs is 1. The fourth-order valence-electron chi connectivity index (χ4n) is 3.23. The Morgan fingerprint density at radius 3 is 2.62 bits per heavy atom. The van der Waals surface area contributed by atoms with E-state index >= 15 is 0 Å². The van der Waals surface area contributed by atoms with Gasteiger partial charge in [0.1, 0.15) is 4.88 Å². The van der Waals surface area contributed by atoms with Crippen molar-refractivity contribution < 1.29 is 4.79 Å². The number of carbonyl (C=O) groups excluding carboxylic acids is 1. The average Bonchev–Trinajstić information content (AvgIpc) is 2.77. The number of nitrogen functional groups attached to an aromatic ring is 1. The highest BCUT2D eigenvalue weighted by molar-refractivity contribution is 9.10. The van der Waals surface area contributed by atoms with Crippen molar-refractivity contribution in [3.63, 3.8) is 0 Å². The standard InChI is InChI=1S/C16H19BrN2OS/c1-9-5-3-6-10(2)19(9)16(20)15-14(18)13-11(17)7-4-8-12(13)21-15/h4,7-10H,3,5-6,18H2,1-2H3. The quantitative estimate of drug-likeness (QED) is 0.798. The summed E-state index contributed by atoms with van der Waals surface area (Å²) in [5.41, 5.74) is 6.88. The highest BCUT2D eigenvalue weighted by Crippen LogP contribution is 2.39. The van der Waals surface area contributed by atoms with Gasteiger partial charge >= 0.3 is 0 Å². The molecule has 0 radical (unpaired) electrons. The fourth-order valence-corrected chi connectivity index (χ4v) is 5.03. The van der Waals surface area contributed by atoms with Crippen LogP contribution in [0.3, 0.4) is 0 Å². The molecule has 1 aliphatic heterocycles. The molecule has 2 atom stereocenters. The highest BCUT2D eigenvalue weighted by atomic mass is 79.9. The third-order valence-corrected chi connectivity index (χ3v) is 6.14. The zero-order valence-electron chi connectivity index (χ0n) is 12.2. The lowest BCUT2D eigenvalue weighted by molar-refractivity contribution is 0.0517. The third kappa shape index (κ3) is 2.46. The molecule has 1 aliphatic rings. The predicted molar refractivity (Wildman–Crippen MR) is 92.9 cm³/mol. The van der Waals surface area contributed by atoms with Crippen LogP contribution >= 0.6 is 27.3 Å².